The van der Waals surface area contributed by atoms with Gasteiger partial charge in [0.25, 0.3) is 0 Å². The number of fused-ring (bicyclic) bond motifs is 2. The van der Waals surface area contributed by atoms with E-state index < -0.39 is 0 Å². The first-order valence-electron chi connectivity index (χ1n) is 6.82. The number of rotatable bonds is 1. The number of aromatic nitrogens is 2. The molecular formula is C16H13N3S2. The van der Waals surface area contributed by atoms with Crippen molar-refractivity contribution in [1.82, 2.24) is 9.55 Å². The van der Waals surface area contributed by atoms with Gasteiger partial charge in [0.2, 0.25) is 0 Å². The Balaban J connectivity index is 1.88. The second kappa shape index (κ2) is 4.90. The summed E-state index contributed by atoms with van der Waals surface area (Å²) in [6.45, 7) is 0. The van der Waals surface area contributed by atoms with Crippen LogP contribution < -0.4 is 0 Å². The average Bonchev–Trinajstić information content (AvgIpc) is 3.08. The molecule has 3 aromatic rings. The van der Waals surface area contributed by atoms with Gasteiger partial charge in [0, 0.05) is 17.7 Å². The number of thiophene rings is 1. The Morgan fingerprint density at radius 3 is 3.05 bits per heavy atom. The Morgan fingerprint density at radius 1 is 1.33 bits per heavy atom. The molecule has 5 heteroatoms. The first-order valence-corrected chi connectivity index (χ1v) is 8.79. The molecular weight excluding hydrogens is 298 g/mol. The molecule has 0 amide bonds. The highest BCUT2D eigenvalue weighted by atomic mass is 32.2. The summed E-state index contributed by atoms with van der Waals surface area (Å²) in [5.74, 6) is 3.35. The number of imidazole rings is 1. The third kappa shape index (κ3) is 2.06. The normalized spacial score (nSPS) is 14.1. The topological polar surface area (TPSA) is 41.6 Å². The summed E-state index contributed by atoms with van der Waals surface area (Å²) in [5, 5.41) is 9.04. The van der Waals surface area contributed by atoms with Crippen molar-refractivity contribution in [3.63, 3.8) is 0 Å². The molecule has 0 N–H and O–H groups in total. The quantitative estimate of drug-likeness (QED) is 0.683. The smallest absolute Gasteiger partial charge is 0.150 e. The number of nitriles is 1. The Labute approximate surface area is 131 Å². The first-order chi connectivity index (χ1) is 10.3. The SMILES string of the molecule is Cn1c(-c2cc3c(s2)CCSC3)nc2ccc(C#N)cc21. The van der Waals surface area contributed by atoms with E-state index in [0.717, 1.165) is 22.6 Å². The van der Waals surface area contributed by atoms with Crippen LogP contribution in [-0.2, 0) is 19.2 Å². The first kappa shape index (κ1) is 12.9. The molecule has 0 saturated carbocycles. The van der Waals surface area contributed by atoms with E-state index in [2.05, 4.69) is 16.7 Å². The molecule has 1 aromatic carbocycles. The zero-order valence-electron chi connectivity index (χ0n) is 11.6. The lowest BCUT2D eigenvalue weighted by Crippen LogP contribution is -1.96. The second-order valence-corrected chi connectivity index (χ2v) is 7.41. The third-order valence-corrected chi connectivity index (χ3v) is 6.10. The van der Waals surface area contributed by atoms with Gasteiger partial charge in [-0.3, -0.25) is 0 Å². The number of hydrogen-bond donors (Lipinski definition) is 0. The van der Waals surface area contributed by atoms with E-state index in [1.807, 2.05) is 48.3 Å². The predicted octanol–water partition coefficient (Wildman–Crippen LogP) is 3.96. The summed E-state index contributed by atoms with van der Waals surface area (Å²) in [5.41, 5.74) is 4.12. The van der Waals surface area contributed by atoms with Crippen molar-refractivity contribution in [2.75, 3.05) is 5.75 Å². The standard InChI is InChI=1S/C16H13N3S2/c1-19-13-6-10(8-17)2-3-12(13)18-16(19)15-7-11-9-20-5-4-14(11)21-15/h2-3,6-7H,4-5,9H2,1H3. The highest BCUT2D eigenvalue weighted by molar-refractivity contribution is 7.98. The molecule has 0 radical (unpaired) electrons. The molecule has 1 aliphatic heterocycles. The van der Waals surface area contributed by atoms with Gasteiger partial charge in [0.15, 0.2) is 5.82 Å². The highest BCUT2D eigenvalue weighted by Gasteiger charge is 2.18. The summed E-state index contributed by atoms with van der Waals surface area (Å²) in [7, 11) is 2.03. The van der Waals surface area contributed by atoms with E-state index >= 15 is 0 Å². The van der Waals surface area contributed by atoms with Gasteiger partial charge in [0.05, 0.1) is 27.5 Å². The molecule has 0 bridgehead atoms. The van der Waals surface area contributed by atoms with Gasteiger partial charge in [0.1, 0.15) is 0 Å². The number of hydrogen-bond acceptors (Lipinski definition) is 4. The lowest BCUT2D eigenvalue weighted by atomic mass is 10.2. The van der Waals surface area contributed by atoms with Gasteiger partial charge < -0.3 is 4.57 Å². The number of benzene rings is 1. The fourth-order valence-corrected chi connectivity index (χ4v) is 5.13. The molecule has 3 nitrogen and oxygen atoms in total. The molecule has 104 valence electrons. The van der Waals surface area contributed by atoms with Crippen LogP contribution in [0.15, 0.2) is 24.3 Å². The summed E-state index contributed by atoms with van der Waals surface area (Å²) < 4.78 is 2.10. The van der Waals surface area contributed by atoms with E-state index in [1.54, 1.807) is 0 Å². The maximum absolute atomic E-state index is 9.04. The van der Waals surface area contributed by atoms with E-state index in [-0.39, 0.29) is 0 Å². The molecule has 0 atom stereocenters. The summed E-state index contributed by atoms with van der Waals surface area (Å²) in [6, 6.07) is 10.2. The van der Waals surface area contributed by atoms with Gasteiger partial charge in [-0.15, -0.1) is 11.3 Å². The highest BCUT2D eigenvalue weighted by Crippen LogP contribution is 2.37. The van der Waals surface area contributed by atoms with Crippen molar-refractivity contribution < 1.29 is 0 Å². The van der Waals surface area contributed by atoms with Crippen LogP contribution in [0.1, 0.15) is 16.0 Å². The van der Waals surface area contributed by atoms with Crippen LogP contribution in [0.25, 0.3) is 21.7 Å². The van der Waals surface area contributed by atoms with E-state index in [0.29, 0.717) is 5.56 Å². The fourth-order valence-electron chi connectivity index (χ4n) is 2.74. The lowest BCUT2D eigenvalue weighted by Gasteiger charge is -2.08. The van der Waals surface area contributed by atoms with Crippen molar-refractivity contribution in [3.8, 4) is 16.8 Å². The van der Waals surface area contributed by atoms with Gasteiger partial charge >= 0.3 is 0 Å². The van der Waals surface area contributed by atoms with Crippen LogP contribution in [0.2, 0.25) is 0 Å². The fraction of sp³-hybridized carbons (Fsp3) is 0.250. The van der Waals surface area contributed by atoms with Crippen molar-refractivity contribution in [1.29, 1.82) is 5.26 Å². The molecule has 0 spiro atoms. The maximum Gasteiger partial charge on any atom is 0.150 e. The zero-order chi connectivity index (χ0) is 14.4. The van der Waals surface area contributed by atoms with Gasteiger partial charge in [-0.1, -0.05) is 0 Å². The van der Waals surface area contributed by atoms with Crippen molar-refractivity contribution in [2.24, 2.45) is 7.05 Å². The molecule has 4 rings (SSSR count). The minimum atomic E-state index is 0.680. The zero-order valence-corrected chi connectivity index (χ0v) is 13.2. The second-order valence-electron chi connectivity index (χ2n) is 5.17. The summed E-state index contributed by atoms with van der Waals surface area (Å²) in [4.78, 5) is 7.50. The van der Waals surface area contributed by atoms with Crippen LogP contribution in [0.3, 0.4) is 0 Å². The minimum absolute atomic E-state index is 0.680. The van der Waals surface area contributed by atoms with Gasteiger partial charge in [-0.25, -0.2) is 4.98 Å². The summed E-state index contributed by atoms with van der Waals surface area (Å²) >= 11 is 3.87. The molecule has 0 saturated heterocycles. The van der Waals surface area contributed by atoms with Crippen LogP contribution >= 0.6 is 23.1 Å². The summed E-state index contributed by atoms with van der Waals surface area (Å²) in [6.07, 6.45) is 1.17. The Morgan fingerprint density at radius 2 is 2.24 bits per heavy atom. The van der Waals surface area contributed by atoms with Gasteiger partial charge in [-0.05, 0) is 42.0 Å². The molecule has 21 heavy (non-hydrogen) atoms. The van der Waals surface area contributed by atoms with E-state index in [1.165, 1.54) is 27.5 Å². The molecule has 1 aliphatic rings. The van der Waals surface area contributed by atoms with E-state index in [4.69, 9.17) is 10.2 Å². The van der Waals surface area contributed by atoms with E-state index in [9.17, 15) is 0 Å². The Kier molecular flexibility index (Phi) is 3.02. The average molecular weight is 311 g/mol. The maximum atomic E-state index is 9.04. The minimum Gasteiger partial charge on any atom is -0.326 e. The third-order valence-electron chi connectivity index (χ3n) is 3.86. The monoisotopic (exact) mass is 311 g/mol. The molecule has 0 fully saturated rings. The van der Waals surface area contributed by atoms with Crippen LogP contribution in [0.4, 0.5) is 0 Å². The van der Waals surface area contributed by atoms with Crippen molar-refractivity contribution >= 4 is 34.1 Å². The van der Waals surface area contributed by atoms with Crippen LogP contribution in [0.5, 0.6) is 0 Å². The number of thioether (sulfide) groups is 1. The molecule has 3 heterocycles. The lowest BCUT2D eigenvalue weighted by molar-refractivity contribution is 0.962. The largest absolute Gasteiger partial charge is 0.326 e. The number of aryl methyl sites for hydroxylation is 2. The molecule has 2 aromatic heterocycles. The predicted molar refractivity (Wildman–Crippen MR) is 88.6 cm³/mol. The van der Waals surface area contributed by atoms with Crippen LogP contribution in [-0.4, -0.2) is 15.3 Å². The van der Waals surface area contributed by atoms with Gasteiger partial charge in [-0.2, -0.15) is 17.0 Å². The van der Waals surface area contributed by atoms with Crippen LogP contribution in [0, 0.1) is 11.3 Å². The Bertz CT molecular complexity index is 859. The molecule has 0 unspecified atom stereocenters. The Hall–Kier alpha value is -1.77. The van der Waals surface area contributed by atoms with Crippen molar-refractivity contribution in [2.45, 2.75) is 12.2 Å². The number of nitrogens with zero attached hydrogens (tertiary/aromatic N) is 3. The molecule has 0 aliphatic carbocycles. The van der Waals surface area contributed by atoms with Crippen molar-refractivity contribution in [3.05, 3.63) is 40.3 Å².